The minimum absolute atomic E-state index is 0.0863. The van der Waals surface area contributed by atoms with E-state index in [1.165, 1.54) is 19.3 Å². The highest BCUT2D eigenvalue weighted by molar-refractivity contribution is 8.19. The molecule has 0 saturated carbocycles. The van der Waals surface area contributed by atoms with E-state index in [9.17, 15) is 19.7 Å². The molecular weight excluding hydrogens is 408 g/mol. The number of rotatable bonds is 5. The van der Waals surface area contributed by atoms with Crippen LogP contribution in [0.1, 0.15) is 5.76 Å². The molecule has 2 aromatic carbocycles. The molecule has 3 aromatic rings. The molecular formula is C21H14N2O6S. The summed E-state index contributed by atoms with van der Waals surface area (Å²) >= 11 is 0.788. The van der Waals surface area contributed by atoms with Gasteiger partial charge in [0, 0.05) is 18.2 Å². The number of amides is 2. The smallest absolute Gasteiger partial charge is 0.298 e. The predicted molar refractivity (Wildman–Crippen MR) is 112 cm³/mol. The lowest BCUT2D eigenvalue weighted by atomic mass is 10.1. The standard InChI is InChI=1S/C21H14N2O6S/c1-28-14-6-4-5-13(11-14)22-20(24)19(30-21(22)25)12-15-9-10-18(29-15)16-7-2-3-8-17(16)23(26)27/h2-12H,1H3/b19-12+. The van der Waals surface area contributed by atoms with Crippen LogP contribution >= 0.6 is 11.8 Å². The normalized spacial score (nSPS) is 15.1. The summed E-state index contributed by atoms with van der Waals surface area (Å²) in [6.45, 7) is 0. The molecule has 0 aliphatic carbocycles. The van der Waals surface area contributed by atoms with Gasteiger partial charge in [-0.1, -0.05) is 18.2 Å². The van der Waals surface area contributed by atoms with Crippen LogP contribution < -0.4 is 9.64 Å². The number of anilines is 1. The fourth-order valence-corrected chi connectivity index (χ4v) is 3.81. The first-order valence-electron chi connectivity index (χ1n) is 8.73. The van der Waals surface area contributed by atoms with E-state index in [2.05, 4.69) is 0 Å². The number of methoxy groups -OCH3 is 1. The Morgan fingerprint density at radius 3 is 2.67 bits per heavy atom. The summed E-state index contributed by atoms with van der Waals surface area (Å²) in [6.07, 6.45) is 1.45. The van der Waals surface area contributed by atoms with Crippen molar-refractivity contribution in [2.45, 2.75) is 0 Å². The predicted octanol–water partition coefficient (Wildman–Crippen LogP) is 5.10. The van der Waals surface area contributed by atoms with Gasteiger partial charge in [0.25, 0.3) is 16.8 Å². The van der Waals surface area contributed by atoms with Crippen LogP contribution in [0.25, 0.3) is 17.4 Å². The fraction of sp³-hybridized carbons (Fsp3) is 0.0476. The number of carbonyl (C=O) groups excluding carboxylic acids is 2. The quantitative estimate of drug-likeness (QED) is 0.320. The van der Waals surface area contributed by atoms with Crippen molar-refractivity contribution >= 4 is 40.4 Å². The van der Waals surface area contributed by atoms with E-state index < -0.39 is 16.1 Å². The number of thioether (sulfide) groups is 1. The zero-order chi connectivity index (χ0) is 21.3. The number of nitro groups is 1. The number of benzene rings is 2. The number of para-hydroxylation sites is 1. The Balaban J connectivity index is 1.63. The van der Waals surface area contributed by atoms with Crippen molar-refractivity contribution < 1.29 is 23.7 Å². The van der Waals surface area contributed by atoms with Crippen LogP contribution in [0.15, 0.2) is 70.0 Å². The lowest BCUT2D eigenvalue weighted by Gasteiger charge is -2.13. The number of ether oxygens (including phenoxy) is 1. The third-order valence-electron chi connectivity index (χ3n) is 4.37. The zero-order valence-electron chi connectivity index (χ0n) is 15.6. The average molecular weight is 422 g/mol. The molecule has 150 valence electrons. The van der Waals surface area contributed by atoms with Crippen LogP contribution in [0, 0.1) is 10.1 Å². The van der Waals surface area contributed by atoms with Gasteiger partial charge in [-0.25, -0.2) is 4.90 Å². The minimum Gasteiger partial charge on any atom is -0.497 e. The second-order valence-electron chi connectivity index (χ2n) is 6.19. The van der Waals surface area contributed by atoms with E-state index in [1.807, 2.05) is 0 Å². The first-order valence-corrected chi connectivity index (χ1v) is 9.55. The SMILES string of the molecule is COc1cccc(N2C(=O)S/C(=C/c3ccc(-c4ccccc4[N+](=O)[O-])o3)C2=O)c1. The van der Waals surface area contributed by atoms with Crippen molar-refractivity contribution in [1.29, 1.82) is 0 Å². The zero-order valence-corrected chi connectivity index (χ0v) is 16.4. The first kappa shape index (κ1) is 19.5. The van der Waals surface area contributed by atoms with Crippen molar-refractivity contribution in [3.05, 3.63) is 81.4 Å². The Hall–Kier alpha value is -3.85. The Bertz CT molecular complexity index is 1200. The maximum atomic E-state index is 12.8. The van der Waals surface area contributed by atoms with E-state index in [0.29, 0.717) is 28.5 Å². The highest BCUT2D eigenvalue weighted by Crippen LogP contribution is 2.38. The Morgan fingerprint density at radius 1 is 1.10 bits per heavy atom. The molecule has 1 aromatic heterocycles. The molecule has 0 spiro atoms. The van der Waals surface area contributed by atoms with E-state index in [0.717, 1.165) is 16.7 Å². The van der Waals surface area contributed by atoms with E-state index in [-0.39, 0.29) is 10.6 Å². The van der Waals surface area contributed by atoms with Crippen molar-refractivity contribution in [3.63, 3.8) is 0 Å². The number of furan rings is 1. The molecule has 0 atom stereocenters. The topological polar surface area (TPSA) is 103 Å². The molecule has 9 heteroatoms. The maximum Gasteiger partial charge on any atom is 0.298 e. The molecule has 0 radical (unpaired) electrons. The molecule has 0 unspecified atom stereocenters. The number of hydrogen-bond donors (Lipinski definition) is 0. The van der Waals surface area contributed by atoms with Gasteiger partial charge in [0.05, 0.1) is 28.2 Å². The molecule has 4 rings (SSSR count). The Morgan fingerprint density at radius 2 is 1.90 bits per heavy atom. The van der Waals surface area contributed by atoms with Gasteiger partial charge in [-0.2, -0.15) is 0 Å². The number of imide groups is 1. The monoisotopic (exact) mass is 422 g/mol. The molecule has 1 fully saturated rings. The van der Waals surface area contributed by atoms with Crippen LogP contribution in [-0.4, -0.2) is 23.2 Å². The number of nitrogens with zero attached hydrogens (tertiary/aromatic N) is 2. The lowest BCUT2D eigenvalue weighted by molar-refractivity contribution is -0.384. The van der Waals surface area contributed by atoms with Crippen molar-refractivity contribution in [2.75, 3.05) is 12.0 Å². The molecule has 8 nitrogen and oxygen atoms in total. The van der Waals surface area contributed by atoms with Gasteiger partial charge in [-0.05, 0) is 42.1 Å². The third-order valence-corrected chi connectivity index (χ3v) is 5.24. The average Bonchev–Trinajstić information content (AvgIpc) is 3.32. The summed E-state index contributed by atoms with van der Waals surface area (Å²) in [6, 6.07) is 16.0. The van der Waals surface area contributed by atoms with Gasteiger partial charge in [-0.3, -0.25) is 19.7 Å². The summed E-state index contributed by atoms with van der Waals surface area (Å²) in [5.41, 5.74) is 0.642. The highest BCUT2D eigenvalue weighted by atomic mass is 32.2. The second-order valence-corrected chi connectivity index (χ2v) is 7.19. The molecule has 1 aliphatic heterocycles. The van der Waals surface area contributed by atoms with Crippen LogP contribution in [0.3, 0.4) is 0 Å². The fourth-order valence-electron chi connectivity index (χ4n) is 2.99. The van der Waals surface area contributed by atoms with Gasteiger partial charge in [0.1, 0.15) is 17.3 Å². The summed E-state index contributed by atoms with van der Waals surface area (Å²) in [7, 11) is 1.50. The van der Waals surface area contributed by atoms with Crippen molar-refractivity contribution in [1.82, 2.24) is 0 Å². The van der Waals surface area contributed by atoms with Gasteiger partial charge in [0.15, 0.2) is 0 Å². The molecule has 1 aliphatic rings. The maximum absolute atomic E-state index is 12.8. The van der Waals surface area contributed by atoms with Crippen LogP contribution in [-0.2, 0) is 4.79 Å². The van der Waals surface area contributed by atoms with Crippen LogP contribution in [0.4, 0.5) is 16.2 Å². The summed E-state index contributed by atoms with van der Waals surface area (Å²) in [5.74, 6) is 0.637. The molecule has 30 heavy (non-hydrogen) atoms. The van der Waals surface area contributed by atoms with Gasteiger partial charge < -0.3 is 9.15 Å². The van der Waals surface area contributed by atoms with Crippen LogP contribution in [0.2, 0.25) is 0 Å². The largest absolute Gasteiger partial charge is 0.497 e. The minimum atomic E-state index is -0.489. The lowest BCUT2D eigenvalue weighted by Crippen LogP contribution is -2.27. The summed E-state index contributed by atoms with van der Waals surface area (Å²) in [4.78, 5) is 37.2. The number of carbonyl (C=O) groups is 2. The number of nitro benzene ring substituents is 1. The van der Waals surface area contributed by atoms with E-state index in [4.69, 9.17) is 9.15 Å². The molecule has 2 amide bonds. The number of hydrogen-bond acceptors (Lipinski definition) is 7. The van der Waals surface area contributed by atoms with Crippen molar-refractivity contribution in [2.24, 2.45) is 0 Å². The molecule has 1 saturated heterocycles. The van der Waals surface area contributed by atoms with Crippen molar-refractivity contribution in [3.8, 4) is 17.1 Å². The second kappa shape index (κ2) is 7.88. The molecule has 2 heterocycles. The third kappa shape index (κ3) is 3.58. The van der Waals surface area contributed by atoms with Gasteiger partial charge in [0.2, 0.25) is 0 Å². The highest BCUT2D eigenvalue weighted by Gasteiger charge is 2.36. The Kier molecular flexibility index (Phi) is 5.11. The summed E-state index contributed by atoms with van der Waals surface area (Å²) < 4.78 is 10.8. The van der Waals surface area contributed by atoms with Crippen LogP contribution in [0.5, 0.6) is 5.75 Å². The van der Waals surface area contributed by atoms with Gasteiger partial charge >= 0.3 is 0 Å². The first-order chi connectivity index (χ1) is 14.5. The summed E-state index contributed by atoms with van der Waals surface area (Å²) in [5, 5.41) is 10.8. The Labute approximate surface area is 174 Å². The van der Waals surface area contributed by atoms with E-state index >= 15 is 0 Å². The molecule has 0 bridgehead atoms. The molecule has 0 N–H and O–H groups in total. The van der Waals surface area contributed by atoms with Gasteiger partial charge in [-0.15, -0.1) is 0 Å². The van der Waals surface area contributed by atoms with E-state index in [1.54, 1.807) is 54.6 Å².